The fourth-order valence-corrected chi connectivity index (χ4v) is 1.50. The van der Waals surface area contributed by atoms with Gasteiger partial charge in [0.2, 0.25) is 0 Å². The summed E-state index contributed by atoms with van der Waals surface area (Å²) in [6.07, 6.45) is 3.42. The number of pyridine rings is 1. The zero-order valence-corrected chi connectivity index (χ0v) is 8.47. The molecule has 0 saturated carbocycles. The number of rotatable bonds is 2. The normalized spacial score (nSPS) is 9.93. The second kappa shape index (κ2) is 4.00. The van der Waals surface area contributed by atoms with Crippen LogP contribution in [0.2, 0.25) is 0 Å². The van der Waals surface area contributed by atoms with Gasteiger partial charge in [0, 0.05) is 29.2 Å². The van der Waals surface area contributed by atoms with Crippen LogP contribution in [0.15, 0.2) is 42.7 Å². The number of aromatic nitrogens is 1. The average Bonchev–Trinajstić information content (AvgIpc) is 2.30. The Labute approximate surface area is 88.5 Å². The summed E-state index contributed by atoms with van der Waals surface area (Å²) in [7, 11) is 1.64. The SMILES string of the molecule is COc1ccccc1-c1cnccc1N. The van der Waals surface area contributed by atoms with E-state index in [0.717, 1.165) is 16.9 Å². The van der Waals surface area contributed by atoms with Gasteiger partial charge in [0.25, 0.3) is 0 Å². The van der Waals surface area contributed by atoms with Gasteiger partial charge in [0.15, 0.2) is 0 Å². The van der Waals surface area contributed by atoms with Gasteiger partial charge in [-0.15, -0.1) is 0 Å². The van der Waals surface area contributed by atoms with E-state index in [1.54, 1.807) is 25.6 Å². The molecule has 1 aromatic carbocycles. The van der Waals surface area contributed by atoms with E-state index in [1.807, 2.05) is 24.3 Å². The van der Waals surface area contributed by atoms with E-state index >= 15 is 0 Å². The molecule has 0 saturated heterocycles. The Morgan fingerprint density at radius 3 is 2.67 bits per heavy atom. The van der Waals surface area contributed by atoms with E-state index in [9.17, 15) is 0 Å². The minimum Gasteiger partial charge on any atom is -0.496 e. The largest absolute Gasteiger partial charge is 0.496 e. The molecular weight excluding hydrogens is 188 g/mol. The van der Waals surface area contributed by atoms with Crippen LogP contribution >= 0.6 is 0 Å². The molecule has 0 radical (unpaired) electrons. The molecule has 3 heteroatoms. The Morgan fingerprint density at radius 1 is 1.13 bits per heavy atom. The first-order chi connectivity index (χ1) is 7.33. The highest BCUT2D eigenvalue weighted by Crippen LogP contribution is 2.32. The molecular formula is C12H12N2O. The lowest BCUT2D eigenvalue weighted by Crippen LogP contribution is -1.93. The minimum atomic E-state index is 0.703. The molecule has 2 rings (SSSR count). The predicted molar refractivity (Wildman–Crippen MR) is 60.6 cm³/mol. The van der Waals surface area contributed by atoms with Gasteiger partial charge in [-0.3, -0.25) is 4.98 Å². The van der Waals surface area contributed by atoms with Crippen LogP contribution in [0.3, 0.4) is 0 Å². The van der Waals surface area contributed by atoms with Crippen molar-refractivity contribution in [1.82, 2.24) is 4.98 Å². The zero-order chi connectivity index (χ0) is 10.7. The topological polar surface area (TPSA) is 48.1 Å². The molecule has 0 atom stereocenters. The van der Waals surface area contributed by atoms with Gasteiger partial charge >= 0.3 is 0 Å². The highest BCUT2D eigenvalue weighted by atomic mass is 16.5. The van der Waals surface area contributed by atoms with Crippen LogP contribution in [0.25, 0.3) is 11.1 Å². The number of nitrogen functional groups attached to an aromatic ring is 1. The summed E-state index contributed by atoms with van der Waals surface area (Å²) in [5.74, 6) is 0.803. The third kappa shape index (κ3) is 1.76. The molecule has 0 fully saturated rings. The summed E-state index contributed by atoms with van der Waals surface area (Å²) in [4.78, 5) is 4.06. The van der Waals surface area contributed by atoms with Crippen LogP contribution in [0, 0.1) is 0 Å². The van der Waals surface area contributed by atoms with Crippen LogP contribution < -0.4 is 10.5 Å². The van der Waals surface area contributed by atoms with E-state index in [0.29, 0.717) is 5.69 Å². The number of methoxy groups -OCH3 is 1. The number of anilines is 1. The maximum absolute atomic E-state index is 5.88. The number of para-hydroxylation sites is 1. The van der Waals surface area contributed by atoms with Crippen LogP contribution in [-0.2, 0) is 0 Å². The molecule has 2 aromatic rings. The van der Waals surface area contributed by atoms with Crippen LogP contribution in [0.5, 0.6) is 5.75 Å². The Balaban J connectivity index is 2.59. The van der Waals surface area contributed by atoms with Gasteiger partial charge in [-0.1, -0.05) is 18.2 Å². The van der Waals surface area contributed by atoms with Crippen molar-refractivity contribution < 1.29 is 4.74 Å². The molecule has 1 heterocycles. The molecule has 0 spiro atoms. The molecule has 76 valence electrons. The lowest BCUT2D eigenvalue weighted by Gasteiger charge is -2.09. The predicted octanol–water partition coefficient (Wildman–Crippen LogP) is 2.34. The Morgan fingerprint density at radius 2 is 1.93 bits per heavy atom. The average molecular weight is 200 g/mol. The highest BCUT2D eigenvalue weighted by Gasteiger charge is 2.07. The van der Waals surface area contributed by atoms with Crippen molar-refractivity contribution in [2.45, 2.75) is 0 Å². The lowest BCUT2D eigenvalue weighted by molar-refractivity contribution is 0.416. The molecule has 0 amide bonds. The third-order valence-electron chi connectivity index (χ3n) is 2.25. The summed E-state index contributed by atoms with van der Waals surface area (Å²) in [5, 5.41) is 0. The van der Waals surface area contributed by atoms with E-state index in [1.165, 1.54) is 0 Å². The number of hydrogen-bond donors (Lipinski definition) is 1. The van der Waals surface area contributed by atoms with Crippen molar-refractivity contribution in [1.29, 1.82) is 0 Å². The first-order valence-electron chi connectivity index (χ1n) is 4.66. The van der Waals surface area contributed by atoms with Gasteiger partial charge in [-0.25, -0.2) is 0 Å². The number of ether oxygens (including phenoxy) is 1. The molecule has 0 aliphatic heterocycles. The first kappa shape index (κ1) is 9.52. The number of nitrogens with two attached hydrogens (primary N) is 1. The molecule has 3 nitrogen and oxygen atoms in total. The van der Waals surface area contributed by atoms with Crippen LogP contribution in [0.4, 0.5) is 5.69 Å². The highest BCUT2D eigenvalue weighted by molar-refractivity contribution is 5.79. The van der Waals surface area contributed by atoms with Crippen molar-refractivity contribution in [3.05, 3.63) is 42.7 Å². The quantitative estimate of drug-likeness (QED) is 0.809. The third-order valence-corrected chi connectivity index (χ3v) is 2.25. The van der Waals surface area contributed by atoms with Gasteiger partial charge < -0.3 is 10.5 Å². The van der Waals surface area contributed by atoms with Crippen molar-refractivity contribution in [3.63, 3.8) is 0 Å². The molecule has 15 heavy (non-hydrogen) atoms. The second-order valence-electron chi connectivity index (χ2n) is 3.16. The standard InChI is InChI=1S/C12H12N2O/c1-15-12-5-3-2-4-9(12)10-8-14-7-6-11(10)13/h2-8H,1H3,(H2,13,14). The molecule has 1 aromatic heterocycles. The Kier molecular flexibility index (Phi) is 2.54. The lowest BCUT2D eigenvalue weighted by atomic mass is 10.1. The van der Waals surface area contributed by atoms with E-state index < -0.39 is 0 Å². The summed E-state index contributed by atoms with van der Waals surface area (Å²) < 4.78 is 5.27. The van der Waals surface area contributed by atoms with Crippen LogP contribution in [-0.4, -0.2) is 12.1 Å². The van der Waals surface area contributed by atoms with Crippen molar-refractivity contribution in [3.8, 4) is 16.9 Å². The molecule has 0 aliphatic rings. The molecule has 0 aliphatic carbocycles. The van der Waals surface area contributed by atoms with Crippen LogP contribution in [0.1, 0.15) is 0 Å². The van der Waals surface area contributed by atoms with Gasteiger partial charge in [-0.2, -0.15) is 0 Å². The van der Waals surface area contributed by atoms with E-state index in [-0.39, 0.29) is 0 Å². The first-order valence-corrected chi connectivity index (χ1v) is 4.66. The minimum absolute atomic E-state index is 0.703. The fourth-order valence-electron chi connectivity index (χ4n) is 1.50. The van der Waals surface area contributed by atoms with Gasteiger partial charge in [0.1, 0.15) is 5.75 Å². The molecule has 0 bridgehead atoms. The molecule has 0 unspecified atom stereocenters. The van der Waals surface area contributed by atoms with Crippen molar-refractivity contribution >= 4 is 5.69 Å². The number of nitrogens with zero attached hydrogens (tertiary/aromatic N) is 1. The Bertz CT molecular complexity index is 469. The second-order valence-corrected chi connectivity index (χ2v) is 3.16. The van der Waals surface area contributed by atoms with E-state index in [2.05, 4.69) is 4.98 Å². The van der Waals surface area contributed by atoms with Crippen molar-refractivity contribution in [2.24, 2.45) is 0 Å². The molecule has 2 N–H and O–H groups in total. The smallest absolute Gasteiger partial charge is 0.126 e. The van der Waals surface area contributed by atoms with Crippen molar-refractivity contribution in [2.75, 3.05) is 12.8 Å². The number of benzene rings is 1. The summed E-state index contributed by atoms with van der Waals surface area (Å²) in [5.41, 5.74) is 8.45. The maximum Gasteiger partial charge on any atom is 0.126 e. The van der Waals surface area contributed by atoms with Gasteiger partial charge in [-0.05, 0) is 12.1 Å². The van der Waals surface area contributed by atoms with E-state index in [4.69, 9.17) is 10.5 Å². The van der Waals surface area contributed by atoms with Gasteiger partial charge in [0.05, 0.1) is 7.11 Å². The maximum atomic E-state index is 5.88. The fraction of sp³-hybridized carbons (Fsp3) is 0.0833. The summed E-state index contributed by atoms with van der Waals surface area (Å²) in [6, 6.07) is 9.52. The number of hydrogen-bond acceptors (Lipinski definition) is 3. The summed E-state index contributed by atoms with van der Waals surface area (Å²) in [6.45, 7) is 0. The monoisotopic (exact) mass is 200 g/mol. The summed E-state index contributed by atoms with van der Waals surface area (Å²) >= 11 is 0. The zero-order valence-electron chi connectivity index (χ0n) is 8.47. The Hall–Kier alpha value is -2.03.